The third-order valence-corrected chi connectivity index (χ3v) is 1.33. The fraction of sp³-hybridized carbons (Fsp3) is 0.143. The summed E-state index contributed by atoms with van der Waals surface area (Å²) in [5.74, 6) is -0.369. The standard InChI is InChI=1S/C7H8N2O3S/c10-6-1-5(2-8-3-6)9-7(11)4-12-13/h1-3,10,13H,4H2,(H,9,11). The summed E-state index contributed by atoms with van der Waals surface area (Å²) in [5.41, 5.74) is 0.412. The van der Waals surface area contributed by atoms with Crippen LogP contribution < -0.4 is 5.32 Å². The van der Waals surface area contributed by atoms with Crippen LogP contribution in [0.2, 0.25) is 0 Å². The highest BCUT2D eigenvalue weighted by atomic mass is 32.1. The van der Waals surface area contributed by atoms with Crippen LogP contribution in [0.5, 0.6) is 5.75 Å². The number of aromatic nitrogens is 1. The summed E-state index contributed by atoms with van der Waals surface area (Å²) in [7, 11) is 0. The molecule has 0 fully saturated rings. The second-order valence-electron chi connectivity index (χ2n) is 2.25. The highest BCUT2D eigenvalue weighted by Gasteiger charge is 2.01. The lowest BCUT2D eigenvalue weighted by molar-refractivity contribution is -0.117. The summed E-state index contributed by atoms with van der Waals surface area (Å²) in [5, 5.41) is 11.4. The number of pyridine rings is 1. The number of hydrogen-bond acceptors (Lipinski definition) is 5. The van der Waals surface area contributed by atoms with Gasteiger partial charge in [0.15, 0.2) is 0 Å². The number of thiol groups is 1. The van der Waals surface area contributed by atoms with Gasteiger partial charge in [-0.05, 0) is 12.9 Å². The number of hydrogen-bond donors (Lipinski definition) is 3. The molecule has 6 heteroatoms. The molecule has 1 amide bonds. The van der Waals surface area contributed by atoms with E-state index in [0.29, 0.717) is 5.69 Å². The summed E-state index contributed by atoms with van der Waals surface area (Å²) in [6.45, 7) is -0.154. The predicted molar refractivity (Wildman–Crippen MR) is 49.5 cm³/mol. The SMILES string of the molecule is O=C(COS)Nc1cncc(O)c1. The van der Waals surface area contributed by atoms with Crippen molar-refractivity contribution in [2.45, 2.75) is 0 Å². The maximum atomic E-state index is 10.9. The quantitative estimate of drug-likeness (QED) is 0.493. The van der Waals surface area contributed by atoms with E-state index < -0.39 is 0 Å². The molecule has 1 heterocycles. The number of aromatic hydroxyl groups is 1. The smallest absolute Gasteiger partial charge is 0.251 e. The molecule has 2 N–H and O–H groups in total. The lowest BCUT2D eigenvalue weighted by atomic mass is 10.4. The largest absolute Gasteiger partial charge is 0.506 e. The minimum absolute atomic E-state index is 0.00964. The van der Waals surface area contributed by atoms with Crippen LogP contribution in [0.1, 0.15) is 0 Å². The van der Waals surface area contributed by atoms with E-state index in [-0.39, 0.29) is 18.3 Å². The Bertz CT molecular complexity index is 306. The van der Waals surface area contributed by atoms with Gasteiger partial charge in [-0.15, -0.1) is 0 Å². The van der Waals surface area contributed by atoms with Crippen molar-refractivity contribution in [2.24, 2.45) is 0 Å². The highest BCUT2D eigenvalue weighted by Crippen LogP contribution is 2.12. The zero-order chi connectivity index (χ0) is 9.68. The minimum Gasteiger partial charge on any atom is -0.506 e. The zero-order valence-corrected chi connectivity index (χ0v) is 7.49. The van der Waals surface area contributed by atoms with E-state index in [1.54, 1.807) is 0 Å². The highest BCUT2D eigenvalue weighted by molar-refractivity contribution is 7.75. The Morgan fingerprint density at radius 1 is 1.69 bits per heavy atom. The van der Waals surface area contributed by atoms with Gasteiger partial charge < -0.3 is 14.6 Å². The molecular formula is C7H8N2O3S. The van der Waals surface area contributed by atoms with Crippen molar-refractivity contribution in [1.82, 2.24) is 4.98 Å². The van der Waals surface area contributed by atoms with Crippen LogP contribution in [0.3, 0.4) is 0 Å². The fourth-order valence-electron chi connectivity index (χ4n) is 0.752. The molecule has 0 aromatic carbocycles. The number of amides is 1. The molecule has 0 unspecified atom stereocenters. The molecule has 0 aliphatic rings. The van der Waals surface area contributed by atoms with Crippen molar-refractivity contribution in [3.63, 3.8) is 0 Å². The number of rotatable bonds is 3. The van der Waals surface area contributed by atoms with E-state index in [1.165, 1.54) is 18.5 Å². The Morgan fingerprint density at radius 3 is 3.08 bits per heavy atom. The lowest BCUT2D eigenvalue weighted by Crippen LogP contribution is -2.16. The van der Waals surface area contributed by atoms with Gasteiger partial charge in [0.1, 0.15) is 12.4 Å². The van der Waals surface area contributed by atoms with Crippen molar-refractivity contribution in [1.29, 1.82) is 0 Å². The van der Waals surface area contributed by atoms with Gasteiger partial charge in [-0.25, -0.2) is 0 Å². The fourth-order valence-corrected chi connectivity index (χ4v) is 0.869. The Hall–Kier alpha value is -1.27. The van der Waals surface area contributed by atoms with E-state index in [1.807, 2.05) is 0 Å². The second kappa shape index (κ2) is 4.68. The van der Waals surface area contributed by atoms with E-state index in [4.69, 9.17) is 5.11 Å². The van der Waals surface area contributed by atoms with Gasteiger partial charge in [0, 0.05) is 6.07 Å². The Morgan fingerprint density at radius 2 is 2.46 bits per heavy atom. The van der Waals surface area contributed by atoms with Crippen LogP contribution >= 0.6 is 12.9 Å². The lowest BCUT2D eigenvalue weighted by Gasteiger charge is -2.02. The average Bonchev–Trinajstić information content (AvgIpc) is 2.04. The monoisotopic (exact) mass is 200 g/mol. The summed E-state index contributed by atoms with van der Waals surface area (Å²) >= 11 is 3.42. The van der Waals surface area contributed by atoms with E-state index >= 15 is 0 Å². The van der Waals surface area contributed by atoms with Crippen molar-refractivity contribution in [3.8, 4) is 5.75 Å². The number of carbonyl (C=O) groups excluding carboxylic acids is 1. The number of anilines is 1. The number of nitrogens with one attached hydrogen (secondary N) is 1. The van der Waals surface area contributed by atoms with Gasteiger partial charge in [0.2, 0.25) is 0 Å². The third kappa shape index (κ3) is 3.30. The van der Waals surface area contributed by atoms with Gasteiger partial charge in [-0.3, -0.25) is 9.78 Å². The van der Waals surface area contributed by atoms with Crippen LogP contribution in [0, 0.1) is 0 Å². The molecule has 0 atom stereocenters. The van der Waals surface area contributed by atoms with Crippen LogP contribution in [0.4, 0.5) is 5.69 Å². The maximum Gasteiger partial charge on any atom is 0.251 e. The van der Waals surface area contributed by atoms with Crippen LogP contribution in [-0.4, -0.2) is 22.6 Å². The Kier molecular flexibility index (Phi) is 3.53. The second-order valence-corrected chi connectivity index (χ2v) is 2.51. The van der Waals surface area contributed by atoms with Crippen LogP contribution in [0.15, 0.2) is 18.5 Å². The minimum atomic E-state index is -0.359. The molecule has 13 heavy (non-hydrogen) atoms. The van der Waals surface area contributed by atoms with Crippen LogP contribution in [0.25, 0.3) is 0 Å². The zero-order valence-electron chi connectivity index (χ0n) is 6.60. The summed E-state index contributed by atoms with van der Waals surface area (Å²) in [4.78, 5) is 14.6. The molecule has 70 valence electrons. The molecule has 1 aromatic rings. The molecule has 0 spiro atoms. The van der Waals surface area contributed by atoms with E-state index in [0.717, 1.165) is 0 Å². The average molecular weight is 200 g/mol. The third-order valence-electron chi connectivity index (χ3n) is 1.20. The molecule has 0 aliphatic heterocycles. The summed E-state index contributed by atoms with van der Waals surface area (Å²) in [6, 6.07) is 1.38. The Balaban J connectivity index is 2.58. The molecule has 5 nitrogen and oxygen atoms in total. The Labute approximate surface area is 80.4 Å². The molecule has 1 aromatic heterocycles. The molecule has 0 saturated carbocycles. The van der Waals surface area contributed by atoms with Crippen molar-refractivity contribution >= 4 is 24.5 Å². The van der Waals surface area contributed by atoms with Crippen molar-refractivity contribution < 1.29 is 14.1 Å². The molecule has 0 aliphatic carbocycles. The molecule has 1 rings (SSSR count). The van der Waals surface area contributed by atoms with Gasteiger partial charge in [0.05, 0.1) is 18.1 Å². The summed E-state index contributed by atoms with van der Waals surface area (Å²) in [6.07, 6.45) is 2.68. The molecule has 0 bridgehead atoms. The number of carbonyl (C=O) groups is 1. The molecule has 0 radical (unpaired) electrons. The van der Waals surface area contributed by atoms with Crippen molar-refractivity contribution in [3.05, 3.63) is 18.5 Å². The van der Waals surface area contributed by atoms with Gasteiger partial charge in [-0.1, -0.05) is 0 Å². The first kappa shape index (κ1) is 9.82. The van der Waals surface area contributed by atoms with Crippen LogP contribution in [-0.2, 0) is 8.98 Å². The molecule has 0 saturated heterocycles. The van der Waals surface area contributed by atoms with E-state index in [9.17, 15) is 4.79 Å². The first-order chi connectivity index (χ1) is 6.22. The predicted octanol–water partition coefficient (Wildman–Crippen LogP) is 0.587. The van der Waals surface area contributed by atoms with Gasteiger partial charge >= 0.3 is 0 Å². The number of nitrogens with zero attached hydrogens (tertiary/aromatic N) is 1. The maximum absolute atomic E-state index is 10.9. The normalized spacial score (nSPS) is 9.62. The van der Waals surface area contributed by atoms with Gasteiger partial charge in [0.25, 0.3) is 5.91 Å². The molecular weight excluding hydrogens is 192 g/mol. The summed E-state index contributed by atoms with van der Waals surface area (Å²) < 4.78 is 4.31. The first-order valence-electron chi connectivity index (χ1n) is 3.42. The van der Waals surface area contributed by atoms with Gasteiger partial charge in [-0.2, -0.15) is 0 Å². The topological polar surface area (TPSA) is 71.5 Å². The first-order valence-corrected chi connectivity index (χ1v) is 3.79. The van der Waals surface area contributed by atoms with Crippen molar-refractivity contribution in [2.75, 3.05) is 11.9 Å². The van der Waals surface area contributed by atoms with E-state index in [2.05, 4.69) is 27.4 Å².